The Morgan fingerprint density at radius 1 is 0.902 bits per heavy atom. The molecule has 1 aliphatic heterocycles. The third-order valence-corrected chi connectivity index (χ3v) is 8.75. The number of oxazole rings is 1. The van der Waals surface area contributed by atoms with Crippen molar-refractivity contribution in [1.29, 1.82) is 0 Å². The number of carboxylic acids is 2. The van der Waals surface area contributed by atoms with Crippen molar-refractivity contribution in [3.63, 3.8) is 0 Å². The van der Waals surface area contributed by atoms with Crippen molar-refractivity contribution in [2.75, 3.05) is 23.3 Å². The largest absolute Gasteiger partial charge is 0.573 e. The second-order valence-corrected chi connectivity index (χ2v) is 12.8. The van der Waals surface area contributed by atoms with E-state index in [0.717, 1.165) is 51.6 Å². The van der Waals surface area contributed by atoms with Crippen LogP contribution in [0.2, 0.25) is 0 Å². The topological polar surface area (TPSA) is 151 Å². The van der Waals surface area contributed by atoms with Crippen molar-refractivity contribution in [3.8, 4) is 17.1 Å². The van der Waals surface area contributed by atoms with Crippen LogP contribution in [0.4, 0.5) is 51.2 Å². The highest BCUT2D eigenvalue weighted by Gasteiger charge is 2.45. The van der Waals surface area contributed by atoms with Gasteiger partial charge in [-0.3, -0.25) is 0 Å². The summed E-state index contributed by atoms with van der Waals surface area (Å²) in [5.74, 6) is -5.01. The predicted octanol–water partition coefficient (Wildman–Crippen LogP) is 8.08. The zero-order valence-corrected chi connectivity index (χ0v) is 28.4. The Labute approximate surface area is 298 Å². The summed E-state index contributed by atoms with van der Waals surface area (Å²) in [5, 5.41) is 17.7. The van der Waals surface area contributed by atoms with Crippen LogP contribution < -0.4 is 20.7 Å². The molecular weight excluding hydrogens is 822 g/mol. The van der Waals surface area contributed by atoms with Gasteiger partial charge in [-0.25, -0.2) is 14.6 Å². The van der Waals surface area contributed by atoms with Crippen LogP contribution >= 0.6 is 22.6 Å². The number of rotatable bonds is 6. The van der Waals surface area contributed by atoms with E-state index in [1.165, 1.54) is 33.5 Å². The first-order valence-corrected chi connectivity index (χ1v) is 16.1. The van der Waals surface area contributed by atoms with E-state index in [1.54, 1.807) is 6.20 Å². The van der Waals surface area contributed by atoms with E-state index in [1.807, 2.05) is 0 Å². The molecule has 282 valence electrons. The van der Waals surface area contributed by atoms with Crippen molar-refractivity contribution in [3.05, 3.63) is 58.3 Å². The Bertz CT molecular complexity index is 1560. The van der Waals surface area contributed by atoms with Crippen LogP contribution in [0.1, 0.15) is 38.5 Å². The van der Waals surface area contributed by atoms with E-state index in [9.17, 15) is 39.5 Å². The van der Waals surface area contributed by atoms with Crippen LogP contribution in [-0.4, -0.2) is 70.5 Å². The van der Waals surface area contributed by atoms with E-state index in [2.05, 4.69) is 66.8 Å². The standard InChI is InChI=1S/C27H30F3IN4O2.2C2HF3O2/c28-27(29,30)37-22-12-6-18(7-13-22)23-16-33-25(36-23)34-24-5-1-2-14-26(24,32)19-4-3-15-35(17-19)21-10-8-20(31)9-11-21;2*3-2(4,5)1(6)7/h6-13,16,19,24H,1-5,14-15,17,32H2,(H,33,34);2*(H,6,7)/t19-,24?,26?;;/m0../s1. The number of nitrogens with two attached hydrogens (primary N) is 1. The molecular formula is C31H32F9IN4O6. The SMILES string of the molecule is NC1([C@H]2CCCN(c3ccc(I)cc3)C2)CCCCC1Nc1ncc(-c2ccc(OC(F)(F)F)cc2)o1.O=C(O)C(F)(F)F.O=C(O)C(F)(F)F. The molecule has 3 atom stereocenters. The minimum absolute atomic E-state index is 0.0111. The van der Waals surface area contributed by atoms with Crippen molar-refractivity contribution in [2.24, 2.45) is 11.7 Å². The highest BCUT2D eigenvalue weighted by atomic mass is 127. The molecule has 1 aromatic heterocycles. The second-order valence-electron chi connectivity index (χ2n) is 11.5. The van der Waals surface area contributed by atoms with Crippen molar-refractivity contribution in [2.45, 2.75) is 68.8 Å². The first-order chi connectivity index (χ1) is 23.6. The third-order valence-electron chi connectivity index (χ3n) is 8.04. The number of carboxylic acid groups (broad SMARTS) is 2. The lowest BCUT2D eigenvalue weighted by atomic mass is 9.67. The van der Waals surface area contributed by atoms with Gasteiger partial charge in [0.1, 0.15) is 5.75 Å². The van der Waals surface area contributed by atoms with Gasteiger partial charge in [-0.2, -0.15) is 26.3 Å². The number of anilines is 2. The summed E-state index contributed by atoms with van der Waals surface area (Å²) in [4.78, 5) is 24.6. The average molecular weight is 855 g/mol. The van der Waals surface area contributed by atoms with Crippen LogP contribution in [-0.2, 0) is 9.59 Å². The van der Waals surface area contributed by atoms with E-state index in [4.69, 9.17) is 30.0 Å². The maximum Gasteiger partial charge on any atom is 0.573 e. The second kappa shape index (κ2) is 17.0. The number of nitrogens with one attached hydrogen (secondary N) is 1. The number of piperidine rings is 1. The quantitative estimate of drug-likeness (QED) is 0.142. The molecule has 2 aliphatic rings. The molecule has 20 heteroatoms. The molecule has 2 unspecified atom stereocenters. The number of carbonyl (C=O) groups is 2. The molecule has 5 N–H and O–H groups in total. The number of halogens is 10. The Hall–Kier alpha value is -3.95. The van der Waals surface area contributed by atoms with Crippen molar-refractivity contribution >= 4 is 46.2 Å². The van der Waals surface area contributed by atoms with Gasteiger partial charge in [-0.15, -0.1) is 13.2 Å². The minimum Gasteiger partial charge on any atom is -0.475 e. The zero-order chi connectivity index (χ0) is 38.2. The number of hydrogen-bond acceptors (Lipinski definition) is 8. The Morgan fingerprint density at radius 2 is 1.47 bits per heavy atom. The number of ether oxygens (including phenoxy) is 1. The Kier molecular flexibility index (Phi) is 13.9. The summed E-state index contributed by atoms with van der Waals surface area (Å²) >= 11 is 2.33. The summed E-state index contributed by atoms with van der Waals surface area (Å²) in [7, 11) is 0. The van der Waals surface area contributed by atoms with E-state index >= 15 is 0 Å². The van der Waals surface area contributed by atoms with Crippen molar-refractivity contribution < 1.29 is 68.5 Å². The Balaban J connectivity index is 0.000000424. The van der Waals surface area contributed by atoms with Gasteiger partial charge in [0.15, 0.2) is 5.76 Å². The highest BCUT2D eigenvalue weighted by Crippen LogP contribution is 2.40. The van der Waals surface area contributed by atoms with Crippen LogP contribution in [0.15, 0.2) is 59.1 Å². The summed E-state index contributed by atoms with van der Waals surface area (Å²) in [6.07, 6.45) is -7.10. The molecule has 0 amide bonds. The molecule has 1 saturated carbocycles. The van der Waals surface area contributed by atoms with Crippen molar-refractivity contribution in [1.82, 2.24) is 4.98 Å². The molecule has 2 fully saturated rings. The molecule has 0 radical (unpaired) electrons. The molecule has 3 aromatic rings. The zero-order valence-electron chi connectivity index (χ0n) is 26.3. The van der Waals surface area contributed by atoms with Gasteiger partial charge in [0.05, 0.1) is 6.20 Å². The fourth-order valence-electron chi connectivity index (χ4n) is 5.66. The number of alkyl halides is 9. The monoisotopic (exact) mass is 854 g/mol. The van der Waals surface area contributed by atoms with Crippen LogP contribution in [0.25, 0.3) is 11.3 Å². The van der Waals surface area contributed by atoms with E-state index in [-0.39, 0.29) is 11.8 Å². The molecule has 1 saturated heterocycles. The third kappa shape index (κ3) is 12.6. The van der Waals surface area contributed by atoms with Gasteiger partial charge >= 0.3 is 30.7 Å². The van der Waals surface area contributed by atoms with Gasteiger partial charge in [0, 0.05) is 39.5 Å². The van der Waals surface area contributed by atoms with Crippen LogP contribution in [0.5, 0.6) is 5.75 Å². The van der Waals surface area contributed by atoms with E-state index in [0.29, 0.717) is 23.3 Å². The Morgan fingerprint density at radius 3 is 2.00 bits per heavy atom. The number of benzene rings is 2. The van der Waals surface area contributed by atoms with E-state index < -0.39 is 36.2 Å². The summed E-state index contributed by atoms with van der Waals surface area (Å²) < 4.78 is 112. The van der Waals surface area contributed by atoms with Crippen LogP contribution in [0, 0.1) is 9.49 Å². The summed E-state index contributed by atoms with van der Waals surface area (Å²) in [6, 6.07) is 14.6. The van der Waals surface area contributed by atoms with Gasteiger partial charge in [-0.05, 0) is 103 Å². The normalized spacial score (nSPS) is 21.0. The molecule has 1 aliphatic carbocycles. The average Bonchev–Trinajstić information content (AvgIpc) is 3.50. The maximum atomic E-state index is 12.4. The predicted molar refractivity (Wildman–Crippen MR) is 173 cm³/mol. The first-order valence-electron chi connectivity index (χ1n) is 15.1. The van der Waals surface area contributed by atoms with Gasteiger partial charge in [-0.1, -0.05) is 12.8 Å². The first kappa shape index (κ1) is 41.5. The lowest BCUT2D eigenvalue weighted by molar-refractivity contribution is -0.274. The number of hydrogen-bond donors (Lipinski definition) is 4. The van der Waals surface area contributed by atoms with Gasteiger partial charge < -0.3 is 35.3 Å². The number of aromatic nitrogens is 1. The lowest BCUT2D eigenvalue weighted by Gasteiger charge is -2.50. The molecule has 2 heterocycles. The lowest BCUT2D eigenvalue weighted by Crippen LogP contribution is -2.63. The smallest absolute Gasteiger partial charge is 0.475 e. The molecule has 10 nitrogen and oxygen atoms in total. The molecule has 2 aromatic carbocycles. The molecule has 0 bridgehead atoms. The van der Waals surface area contributed by atoms with Gasteiger partial charge in [0.2, 0.25) is 0 Å². The molecule has 51 heavy (non-hydrogen) atoms. The number of nitrogens with zero attached hydrogens (tertiary/aromatic N) is 2. The fraction of sp³-hybridized carbons (Fsp3) is 0.452. The number of aliphatic carboxylic acids is 2. The molecule has 5 rings (SSSR count). The maximum absolute atomic E-state index is 12.4. The van der Waals surface area contributed by atoms with Crippen LogP contribution in [0.3, 0.4) is 0 Å². The summed E-state index contributed by atoms with van der Waals surface area (Å²) in [5.41, 5.74) is 8.66. The summed E-state index contributed by atoms with van der Waals surface area (Å²) in [6.45, 7) is 1.94. The fourth-order valence-corrected chi connectivity index (χ4v) is 6.02. The highest BCUT2D eigenvalue weighted by molar-refractivity contribution is 14.1. The minimum atomic E-state index is -5.08. The molecule has 0 spiro atoms. The van der Waals surface area contributed by atoms with Gasteiger partial charge in [0.25, 0.3) is 6.01 Å².